The topological polar surface area (TPSA) is 69.2 Å². The second-order valence-corrected chi connectivity index (χ2v) is 8.19. The van der Waals surface area contributed by atoms with Gasteiger partial charge in [0.15, 0.2) is 11.5 Å². The van der Waals surface area contributed by atoms with Gasteiger partial charge in [0.2, 0.25) is 0 Å². The van der Waals surface area contributed by atoms with Crippen LogP contribution in [0.3, 0.4) is 0 Å². The van der Waals surface area contributed by atoms with Crippen molar-refractivity contribution < 1.29 is 24.1 Å². The van der Waals surface area contributed by atoms with Gasteiger partial charge in [0, 0.05) is 6.04 Å². The number of nitrogens with one attached hydrogen (secondary N) is 1. The van der Waals surface area contributed by atoms with Crippen molar-refractivity contribution in [2.45, 2.75) is 38.5 Å². The number of rotatable bonds is 13. The molecule has 0 aromatic heterocycles. The summed E-state index contributed by atoms with van der Waals surface area (Å²) in [5.74, 6) is 2.98. The largest absolute Gasteiger partial charge is 0.497 e. The van der Waals surface area contributed by atoms with E-state index in [1.165, 1.54) is 5.56 Å². The van der Waals surface area contributed by atoms with Gasteiger partial charge in [0.05, 0.1) is 27.4 Å². The Balaban J connectivity index is 1.45. The van der Waals surface area contributed by atoms with Crippen LogP contribution in [0.4, 0.5) is 0 Å². The van der Waals surface area contributed by atoms with E-state index in [2.05, 4.69) is 17.4 Å². The molecule has 0 bridgehead atoms. The maximum atomic E-state index is 10.7. The van der Waals surface area contributed by atoms with Crippen molar-refractivity contribution in [3.63, 3.8) is 0 Å². The van der Waals surface area contributed by atoms with Crippen LogP contribution in [0.25, 0.3) is 0 Å². The van der Waals surface area contributed by atoms with Crippen LogP contribution in [0.5, 0.6) is 23.0 Å². The molecule has 6 nitrogen and oxygen atoms in total. The van der Waals surface area contributed by atoms with Crippen LogP contribution in [0.2, 0.25) is 0 Å². The smallest absolute Gasteiger partial charge is 0.161 e. The van der Waals surface area contributed by atoms with E-state index in [0.29, 0.717) is 18.1 Å². The molecule has 2 unspecified atom stereocenters. The lowest BCUT2D eigenvalue weighted by Crippen LogP contribution is -2.33. The van der Waals surface area contributed by atoms with Gasteiger partial charge in [-0.3, -0.25) is 0 Å². The molecule has 3 aromatic carbocycles. The standard InChI is InChI=1S/C28H35NO5/c1-20(29-16-6-8-21-7-5-9-25(17-21)31-2)28(30)23-11-13-24(14-12-23)34-19-22-10-15-26(32-3)27(18-22)33-4/h5,7,9-15,17-18,20,28-30H,6,8,16,19H2,1-4H3. The molecule has 3 rings (SSSR count). The predicted molar refractivity (Wildman–Crippen MR) is 134 cm³/mol. The zero-order chi connectivity index (χ0) is 24.3. The van der Waals surface area contributed by atoms with E-state index in [0.717, 1.165) is 42.0 Å². The van der Waals surface area contributed by atoms with Gasteiger partial charge >= 0.3 is 0 Å². The van der Waals surface area contributed by atoms with Crippen molar-refractivity contribution in [1.29, 1.82) is 0 Å². The van der Waals surface area contributed by atoms with Crippen molar-refractivity contribution in [2.24, 2.45) is 0 Å². The van der Waals surface area contributed by atoms with E-state index in [-0.39, 0.29) is 6.04 Å². The zero-order valence-corrected chi connectivity index (χ0v) is 20.4. The first-order valence-electron chi connectivity index (χ1n) is 11.5. The second kappa shape index (κ2) is 12.9. The fraction of sp³-hybridized carbons (Fsp3) is 0.357. The summed E-state index contributed by atoms with van der Waals surface area (Å²) in [6.45, 7) is 3.23. The van der Waals surface area contributed by atoms with Crippen molar-refractivity contribution in [3.8, 4) is 23.0 Å². The normalized spacial score (nSPS) is 12.6. The van der Waals surface area contributed by atoms with Gasteiger partial charge in [0.1, 0.15) is 18.1 Å². The minimum absolute atomic E-state index is 0.0659. The molecule has 0 fully saturated rings. The van der Waals surface area contributed by atoms with E-state index in [4.69, 9.17) is 18.9 Å². The molecule has 0 heterocycles. The minimum Gasteiger partial charge on any atom is -0.497 e. The van der Waals surface area contributed by atoms with Crippen molar-refractivity contribution in [3.05, 3.63) is 83.4 Å². The number of aliphatic hydroxyl groups excluding tert-OH is 1. The van der Waals surface area contributed by atoms with Crippen LogP contribution in [0.15, 0.2) is 66.7 Å². The SMILES string of the molecule is COc1cccc(CCCNC(C)C(O)c2ccc(OCc3ccc(OC)c(OC)c3)cc2)c1. The highest BCUT2D eigenvalue weighted by atomic mass is 16.5. The molecule has 0 radical (unpaired) electrons. The first kappa shape index (κ1) is 25.4. The molecule has 2 atom stereocenters. The third-order valence-corrected chi connectivity index (χ3v) is 5.79. The summed E-state index contributed by atoms with van der Waals surface area (Å²) < 4.78 is 21.8. The van der Waals surface area contributed by atoms with Gasteiger partial charge in [-0.15, -0.1) is 0 Å². The summed E-state index contributed by atoms with van der Waals surface area (Å²) in [5, 5.41) is 14.2. The first-order valence-corrected chi connectivity index (χ1v) is 11.5. The Kier molecular flexibility index (Phi) is 9.62. The molecule has 182 valence electrons. The fourth-order valence-electron chi connectivity index (χ4n) is 3.75. The molecule has 0 amide bonds. The zero-order valence-electron chi connectivity index (χ0n) is 20.4. The van der Waals surface area contributed by atoms with Crippen LogP contribution in [0, 0.1) is 0 Å². The molecular formula is C28H35NO5. The third-order valence-electron chi connectivity index (χ3n) is 5.79. The molecule has 0 aliphatic rings. The lowest BCUT2D eigenvalue weighted by Gasteiger charge is -2.21. The molecular weight excluding hydrogens is 430 g/mol. The Bertz CT molecular complexity index is 1020. The second-order valence-electron chi connectivity index (χ2n) is 8.19. The molecule has 0 spiro atoms. The van der Waals surface area contributed by atoms with Crippen LogP contribution < -0.4 is 24.3 Å². The lowest BCUT2D eigenvalue weighted by molar-refractivity contribution is 0.136. The maximum absolute atomic E-state index is 10.7. The van der Waals surface area contributed by atoms with Gasteiger partial charge in [-0.05, 0) is 79.4 Å². The van der Waals surface area contributed by atoms with Crippen LogP contribution in [0.1, 0.15) is 36.1 Å². The number of hydrogen-bond acceptors (Lipinski definition) is 6. The summed E-state index contributed by atoms with van der Waals surface area (Å²) in [6, 6.07) is 21.4. The van der Waals surface area contributed by atoms with E-state index in [9.17, 15) is 5.11 Å². The van der Waals surface area contributed by atoms with Crippen molar-refractivity contribution >= 4 is 0 Å². The van der Waals surface area contributed by atoms with Crippen LogP contribution in [-0.2, 0) is 13.0 Å². The highest BCUT2D eigenvalue weighted by molar-refractivity contribution is 5.43. The van der Waals surface area contributed by atoms with Crippen molar-refractivity contribution in [2.75, 3.05) is 27.9 Å². The highest BCUT2D eigenvalue weighted by Gasteiger charge is 2.16. The Morgan fingerprint density at radius 1 is 0.794 bits per heavy atom. The van der Waals surface area contributed by atoms with Gasteiger partial charge in [-0.2, -0.15) is 0 Å². The highest BCUT2D eigenvalue weighted by Crippen LogP contribution is 2.28. The van der Waals surface area contributed by atoms with E-state index in [1.807, 2.05) is 61.5 Å². The number of aryl methyl sites for hydroxylation is 1. The lowest BCUT2D eigenvalue weighted by atomic mass is 10.0. The molecule has 0 aliphatic heterocycles. The summed E-state index contributed by atoms with van der Waals surface area (Å²) in [5.41, 5.74) is 3.08. The Morgan fingerprint density at radius 3 is 2.26 bits per heavy atom. The number of aliphatic hydroxyl groups is 1. The molecule has 3 aromatic rings. The van der Waals surface area contributed by atoms with Gasteiger partial charge in [0.25, 0.3) is 0 Å². The van der Waals surface area contributed by atoms with E-state index < -0.39 is 6.10 Å². The average Bonchev–Trinajstić information content (AvgIpc) is 2.89. The van der Waals surface area contributed by atoms with Crippen molar-refractivity contribution in [1.82, 2.24) is 5.32 Å². The molecule has 0 saturated carbocycles. The quantitative estimate of drug-likeness (QED) is 0.349. The summed E-state index contributed by atoms with van der Waals surface area (Å²) in [6.07, 6.45) is 1.34. The van der Waals surface area contributed by atoms with E-state index in [1.54, 1.807) is 21.3 Å². The predicted octanol–water partition coefficient (Wildman–Crippen LogP) is 4.94. The number of methoxy groups -OCH3 is 3. The van der Waals surface area contributed by atoms with E-state index >= 15 is 0 Å². The van der Waals surface area contributed by atoms with Gasteiger partial charge in [-0.25, -0.2) is 0 Å². The monoisotopic (exact) mass is 465 g/mol. The number of benzene rings is 3. The molecule has 0 aliphatic carbocycles. The molecule has 0 saturated heterocycles. The Morgan fingerprint density at radius 2 is 1.56 bits per heavy atom. The average molecular weight is 466 g/mol. The van der Waals surface area contributed by atoms with Gasteiger partial charge in [-0.1, -0.05) is 30.3 Å². The Labute approximate surface area is 202 Å². The third kappa shape index (κ3) is 7.14. The van der Waals surface area contributed by atoms with Crippen LogP contribution in [-0.4, -0.2) is 39.0 Å². The summed E-state index contributed by atoms with van der Waals surface area (Å²) in [7, 11) is 4.91. The minimum atomic E-state index is -0.600. The number of hydrogen-bond donors (Lipinski definition) is 2. The maximum Gasteiger partial charge on any atom is 0.161 e. The van der Waals surface area contributed by atoms with Gasteiger partial charge < -0.3 is 29.4 Å². The Hall–Kier alpha value is -3.22. The molecule has 34 heavy (non-hydrogen) atoms. The molecule has 2 N–H and O–H groups in total. The summed E-state index contributed by atoms with van der Waals surface area (Å²) in [4.78, 5) is 0. The van der Waals surface area contributed by atoms with Crippen LogP contribution >= 0.6 is 0 Å². The first-order chi connectivity index (χ1) is 16.5. The summed E-state index contributed by atoms with van der Waals surface area (Å²) >= 11 is 0. The number of ether oxygens (including phenoxy) is 4. The molecule has 6 heteroatoms. The fourth-order valence-corrected chi connectivity index (χ4v) is 3.75.